The van der Waals surface area contributed by atoms with E-state index in [1.807, 2.05) is 62.4 Å². The number of nitrogens with zero attached hydrogens (tertiary/aromatic N) is 2. The van der Waals surface area contributed by atoms with E-state index >= 15 is 0 Å². The predicted octanol–water partition coefficient (Wildman–Crippen LogP) is 5.38. The molecule has 0 fully saturated rings. The van der Waals surface area contributed by atoms with Gasteiger partial charge in [0.2, 0.25) is 0 Å². The molecule has 0 spiro atoms. The van der Waals surface area contributed by atoms with Gasteiger partial charge in [-0.1, -0.05) is 36.4 Å². The normalized spacial score (nSPS) is 11.8. The van der Waals surface area contributed by atoms with E-state index in [0.29, 0.717) is 33.9 Å². The van der Waals surface area contributed by atoms with Gasteiger partial charge in [-0.2, -0.15) is 0 Å². The van der Waals surface area contributed by atoms with E-state index in [4.69, 9.17) is 0 Å². The number of rotatable bonds is 4. The van der Waals surface area contributed by atoms with Crippen LogP contribution in [0.3, 0.4) is 0 Å². The van der Waals surface area contributed by atoms with Gasteiger partial charge in [0.1, 0.15) is 11.5 Å². The Morgan fingerprint density at radius 2 is 0.926 bits per heavy atom. The van der Waals surface area contributed by atoms with Crippen LogP contribution in [0.1, 0.15) is 25.0 Å². The molecule has 138 valence electrons. The van der Waals surface area contributed by atoms with Crippen LogP contribution in [0.25, 0.3) is 0 Å². The van der Waals surface area contributed by atoms with Crippen molar-refractivity contribution in [2.24, 2.45) is 9.98 Å². The van der Waals surface area contributed by atoms with Crippen LogP contribution < -0.4 is 0 Å². The molecule has 5 heteroatoms. The zero-order valence-electron chi connectivity index (χ0n) is 15.1. The van der Waals surface area contributed by atoms with Crippen molar-refractivity contribution in [2.75, 3.05) is 0 Å². The van der Waals surface area contributed by atoms with Crippen LogP contribution in [0, 0.1) is 0 Å². The van der Waals surface area contributed by atoms with Crippen LogP contribution in [-0.2, 0) is 17.1 Å². The third-order valence-electron chi connectivity index (χ3n) is 4.05. The number of para-hydroxylation sites is 4. The molecule has 2 N–H and O–H groups in total. The Kier molecular flexibility index (Phi) is 6.94. The molecule has 3 aromatic rings. The topological polar surface area (TPSA) is 65.2 Å². The SMILES string of the molecule is CC(=Nc1ccccc1N=C(C)c1ccccc1O)c1ccccc1O.[Fe]. The van der Waals surface area contributed by atoms with Crippen molar-refractivity contribution in [1.29, 1.82) is 0 Å². The molecule has 0 radical (unpaired) electrons. The predicted molar refractivity (Wildman–Crippen MR) is 106 cm³/mol. The van der Waals surface area contributed by atoms with Crippen LogP contribution in [-0.4, -0.2) is 21.6 Å². The summed E-state index contributed by atoms with van der Waals surface area (Å²) in [5.74, 6) is 0.389. The van der Waals surface area contributed by atoms with Gasteiger partial charge in [-0.3, -0.25) is 9.98 Å². The van der Waals surface area contributed by atoms with Crippen LogP contribution >= 0.6 is 0 Å². The maximum absolute atomic E-state index is 10.0. The van der Waals surface area contributed by atoms with E-state index in [9.17, 15) is 10.2 Å². The van der Waals surface area contributed by atoms with E-state index < -0.39 is 0 Å². The molecule has 0 unspecified atom stereocenters. The van der Waals surface area contributed by atoms with Crippen LogP contribution in [0.15, 0.2) is 82.8 Å². The van der Waals surface area contributed by atoms with E-state index in [1.54, 1.807) is 24.3 Å². The summed E-state index contributed by atoms with van der Waals surface area (Å²) in [4.78, 5) is 9.29. The standard InChI is InChI=1S/C22H20N2O2.Fe/c1-15(17-9-3-7-13-21(17)25)23-19-11-5-6-12-20(19)24-16(2)18-10-4-8-14-22(18)26;/h3-14,25-26H,1-2H3;. The maximum atomic E-state index is 10.0. The fourth-order valence-corrected chi connectivity index (χ4v) is 2.69. The third-order valence-corrected chi connectivity index (χ3v) is 4.05. The molecular formula is C22H20FeN2O2. The Hall–Kier alpha value is -2.88. The zero-order valence-corrected chi connectivity index (χ0v) is 16.2. The number of phenolic OH excluding ortho intramolecular Hbond substituents is 2. The molecule has 0 saturated carbocycles. The molecule has 0 aliphatic heterocycles. The third kappa shape index (κ3) is 4.85. The quantitative estimate of drug-likeness (QED) is 0.456. The van der Waals surface area contributed by atoms with Gasteiger partial charge in [-0.15, -0.1) is 0 Å². The smallest absolute Gasteiger partial charge is 0.124 e. The molecule has 0 aliphatic rings. The maximum Gasteiger partial charge on any atom is 0.124 e. The summed E-state index contributed by atoms with van der Waals surface area (Å²) in [6.45, 7) is 3.71. The zero-order chi connectivity index (χ0) is 18.5. The molecule has 0 saturated heterocycles. The number of aromatic hydroxyl groups is 2. The summed E-state index contributed by atoms with van der Waals surface area (Å²) < 4.78 is 0. The molecule has 0 atom stereocenters. The van der Waals surface area contributed by atoms with Gasteiger partial charge in [0, 0.05) is 39.6 Å². The number of hydrogen-bond donors (Lipinski definition) is 2. The molecule has 4 nitrogen and oxygen atoms in total. The monoisotopic (exact) mass is 400 g/mol. The first kappa shape index (κ1) is 20.4. The van der Waals surface area contributed by atoms with Gasteiger partial charge in [-0.05, 0) is 50.2 Å². The number of hydrogen-bond acceptors (Lipinski definition) is 4. The van der Waals surface area contributed by atoms with Gasteiger partial charge in [0.05, 0.1) is 11.4 Å². The summed E-state index contributed by atoms with van der Waals surface area (Å²) in [7, 11) is 0. The second kappa shape index (κ2) is 9.17. The first-order valence-electron chi connectivity index (χ1n) is 8.32. The minimum absolute atomic E-state index is 0. The molecule has 0 bridgehead atoms. The average molecular weight is 400 g/mol. The van der Waals surface area contributed by atoms with Crippen LogP contribution in [0.2, 0.25) is 0 Å². The number of benzene rings is 3. The summed E-state index contributed by atoms with van der Waals surface area (Å²) >= 11 is 0. The van der Waals surface area contributed by atoms with Crippen LogP contribution in [0.5, 0.6) is 11.5 Å². The summed E-state index contributed by atoms with van der Waals surface area (Å²) in [6, 6.07) is 21.8. The van der Waals surface area contributed by atoms with Crippen LogP contribution in [0.4, 0.5) is 11.4 Å². The van der Waals surface area contributed by atoms with Crippen molar-refractivity contribution in [3.05, 3.63) is 83.9 Å². The molecular weight excluding hydrogens is 380 g/mol. The molecule has 0 heterocycles. The van der Waals surface area contributed by atoms with Gasteiger partial charge >= 0.3 is 0 Å². The number of aliphatic imine (C=N–C) groups is 2. The Balaban J connectivity index is 0.00000261. The molecule has 0 amide bonds. The molecule has 3 rings (SSSR count). The minimum atomic E-state index is 0. The Morgan fingerprint density at radius 3 is 1.30 bits per heavy atom. The largest absolute Gasteiger partial charge is 0.507 e. The second-order valence-electron chi connectivity index (χ2n) is 5.92. The summed E-state index contributed by atoms with van der Waals surface area (Å²) in [5.41, 5.74) is 4.16. The Morgan fingerprint density at radius 1 is 0.593 bits per heavy atom. The van der Waals surface area contributed by atoms with Crippen molar-refractivity contribution in [3.63, 3.8) is 0 Å². The van der Waals surface area contributed by atoms with Crippen molar-refractivity contribution in [3.8, 4) is 11.5 Å². The van der Waals surface area contributed by atoms with Gasteiger partial charge in [0.15, 0.2) is 0 Å². The van der Waals surface area contributed by atoms with Crippen molar-refractivity contribution in [2.45, 2.75) is 13.8 Å². The number of phenols is 2. The molecule has 27 heavy (non-hydrogen) atoms. The van der Waals surface area contributed by atoms with Gasteiger partial charge in [-0.25, -0.2) is 0 Å². The van der Waals surface area contributed by atoms with E-state index in [1.165, 1.54) is 0 Å². The molecule has 0 aliphatic carbocycles. The van der Waals surface area contributed by atoms with Crippen molar-refractivity contribution in [1.82, 2.24) is 0 Å². The van der Waals surface area contributed by atoms with Gasteiger partial charge in [0.25, 0.3) is 0 Å². The fraction of sp³-hybridized carbons (Fsp3) is 0.0909. The summed E-state index contributed by atoms with van der Waals surface area (Å²) in [5, 5.41) is 20.0. The van der Waals surface area contributed by atoms with Crippen molar-refractivity contribution < 1.29 is 27.3 Å². The van der Waals surface area contributed by atoms with E-state index in [-0.39, 0.29) is 28.6 Å². The summed E-state index contributed by atoms with van der Waals surface area (Å²) in [6.07, 6.45) is 0. The second-order valence-corrected chi connectivity index (χ2v) is 5.92. The minimum Gasteiger partial charge on any atom is -0.507 e. The fourth-order valence-electron chi connectivity index (χ4n) is 2.69. The molecule has 0 aromatic heterocycles. The average Bonchev–Trinajstić information content (AvgIpc) is 2.64. The molecule has 3 aromatic carbocycles. The Labute approximate surface area is 169 Å². The van der Waals surface area contributed by atoms with E-state index in [2.05, 4.69) is 9.98 Å². The van der Waals surface area contributed by atoms with Gasteiger partial charge < -0.3 is 10.2 Å². The Bertz CT molecular complexity index is 916. The van der Waals surface area contributed by atoms with E-state index in [0.717, 1.165) is 0 Å². The van der Waals surface area contributed by atoms with Crippen molar-refractivity contribution >= 4 is 22.8 Å². The first-order valence-corrected chi connectivity index (χ1v) is 8.32. The first-order chi connectivity index (χ1) is 12.6.